The fraction of sp³-hybridized carbons (Fsp3) is 0.643. The summed E-state index contributed by atoms with van der Waals surface area (Å²) in [5.74, 6) is 0. The summed E-state index contributed by atoms with van der Waals surface area (Å²) in [4.78, 5) is 4.03. The van der Waals surface area contributed by atoms with Crippen molar-refractivity contribution in [2.24, 2.45) is 0 Å². The third kappa shape index (κ3) is 4.10. The highest BCUT2D eigenvalue weighted by atomic mass is 16.5. The fourth-order valence-electron chi connectivity index (χ4n) is 2.47. The first-order valence-electron chi connectivity index (χ1n) is 6.53. The number of nitrogens with one attached hydrogen (secondary N) is 1. The molecule has 0 aromatic carbocycles. The van der Waals surface area contributed by atoms with Crippen molar-refractivity contribution in [3.05, 3.63) is 30.1 Å². The Morgan fingerprint density at radius 2 is 1.94 bits per heavy atom. The van der Waals surface area contributed by atoms with Crippen molar-refractivity contribution in [1.82, 2.24) is 10.3 Å². The van der Waals surface area contributed by atoms with E-state index in [0.717, 1.165) is 13.0 Å². The highest BCUT2D eigenvalue weighted by Gasteiger charge is 2.19. The second-order valence-electron chi connectivity index (χ2n) is 4.77. The predicted molar refractivity (Wildman–Crippen MR) is 69.0 cm³/mol. The molecule has 1 aliphatic rings. The van der Waals surface area contributed by atoms with Gasteiger partial charge in [-0.3, -0.25) is 4.98 Å². The van der Waals surface area contributed by atoms with Crippen LogP contribution in [0.2, 0.25) is 0 Å². The maximum Gasteiger partial charge on any atom is 0.0572 e. The van der Waals surface area contributed by atoms with Gasteiger partial charge in [0.15, 0.2) is 0 Å². The Hall–Kier alpha value is -0.930. The second-order valence-corrected chi connectivity index (χ2v) is 4.77. The zero-order valence-electron chi connectivity index (χ0n) is 10.6. The van der Waals surface area contributed by atoms with Crippen molar-refractivity contribution in [1.29, 1.82) is 0 Å². The summed E-state index contributed by atoms with van der Waals surface area (Å²) in [6.07, 6.45) is 10.2. The van der Waals surface area contributed by atoms with Crippen molar-refractivity contribution in [2.45, 2.75) is 44.2 Å². The largest absolute Gasteiger partial charge is 0.381 e. The van der Waals surface area contributed by atoms with Gasteiger partial charge < -0.3 is 10.1 Å². The minimum absolute atomic E-state index is 0.494. The maximum absolute atomic E-state index is 5.38. The Morgan fingerprint density at radius 3 is 2.59 bits per heavy atom. The molecule has 1 saturated carbocycles. The van der Waals surface area contributed by atoms with Crippen molar-refractivity contribution in [2.75, 3.05) is 13.7 Å². The molecule has 3 heteroatoms. The Morgan fingerprint density at radius 1 is 1.24 bits per heavy atom. The Balaban J connectivity index is 1.63. The Bertz CT molecular complexity index is 307. The quantitative estimate of drug-likeness (QED) is 0.848. The SMILES string of the molecule is COC1CCC(NCCc2ccncc2)CC1. The molecule has 1 heterocycles. The number of methoxy groups -OCH3 is 1. The molecule has 0 spiro atoms. The third-order valence-electron chi connectivity index (χ3n) is 3.60. The van der Waals surface area contributed by atoms with Crippen LogP contribution >= 0.6 is 0 Å². The monoisotopic (exact) mass is 234 g/mol. The predicted octanol–water partition coefficient (Wildman–Crippen LogP) is 2.17. The molecule has 3 nitrogen and oxygen atoms in total. The summed E-state index contributed by atoms with van der Waals surface area (Å²) < 4.78 is 5.38. The van der Waals surface area contributed by atoms with Crippen LogP contribution in [0, 0.1) is 0 Å². The molecule has 1 N–H and O–H groups in total. The van der Waals surface area contributed by atoms with Gasteiger partial charge in [0.25, 0.3) is 0 Å². The minimum Gasteiger partial charge on any atom is -0.381 e. The average molecular weight is 234 g/mol. The summed E-state index contributed by atoms with van der Waals surface area (Å²) >= 11 is 0. The molecule has 0 bridgehead atoms. The highest BCUT2D eigenvalue weighted by molar-refractivity contribution is 5.09. The van der Waals surface area contributed by atoms with Crippen LogP contribution in [0.3, 0.4) is 0 Å². The molecule has 1 aromatic heterocycles. The number of hydrogen-bond donors (Lipinski definition) is 1. The van der Waals surface area contributed by atoms with E-state index in [4.69, 9.17) is 4.74 Å². The van der Waals surface area contributed by atoms with E-state index in [1.54, 1.807) is 0 Å². The molecule has 1 aliphatic carbocycles. The summed E-state index contributed by atoms with van der Waals surface area (Å²) in [6, 6.07) is 4.86. The summed E-state index contributed by atoms with van der Waals surface area (Å²) in [7, 11) is 1.82. The van der Waals surface area contributed by atoms with Crippen molar-refractivity contribution in [3.63, 3.8) is 0 Å². The van der Waals surface area contributed by atoms with E-state index < -0.39 is 0 Å². The van der Waals surface area contributed by atoms with E-state index in [2.05, 4.69) is 22.4 Å². The van der Waals surface area contributed by atoms with Crippen LogP contribution < -0.4 is 5.32 Å². The van der Waals surface area contributed by atoms with Crippen LogP contribution in [0.25, 0.3) is 0 Å². The second kappa shape index (κ2) is 6.72. The standard InChI is InChI=1S/C14H22N2O/c1-17-14-4-2-13(3-5-14)16-11-8-12-6-9-15-10-7-12/h6-7,9-10,13-14,16H,2-5,8,11H2,1H3. The Labute approximate surface area is 104 Å². The van der Waals surface area contributed by atoms with Gasteiger partial charge in [-0.15, -0.1) is 0 Å². The fourth-order valence-corrected chi connectivity index (χ4v) is 2.47. The lowest BCUT2D eigenvalue weighted by Gasteiger charge is -2.28. The first-order chi connectivity index (χ1) is 8.38. The average Bonchev–Trinajstić information content (AvgIpc) is 2.41. The van der Waals surface area contributed by atoms with Crippen LogP contribution in [0.5, 0.6) is 0 Å². The molecule has 0 saturated heterocycles. The molecule has 2 rings (SSSR count). The molecule has 1 aromatic rings. The number of hydrogen-bond acceptors (Lipinski definition) is 3. The number of ether oxygens (including phenoxy) is 1. The molecule has 17 heavy (non-hydrogen) atoms. The van der Waals surface area contributed by atoms with E-state index in [1.807, 2.05) is 19.5 Å². The van der Waals surface area contributed by atoms with Crippen molar-refractivity contribution >= 4 is 0 Å². The lowest BCUT2D eigenvalue weighted by atomic mass is 9.93. The molecule has 0 unspecified atom stereocenters. The van der Waals surface area contributed by atoms with Crippen molar-refractivity contribution < 1.29 is 4.74 Å². The van der Waals surface area contributed by atoms with E-state index in [1.165, 1.54) is 31.2 Å². The normalized spacial score (nSPS) is 24.8. The highest BCUT2D eigenvalue weighted by Crippen LogP contribution is 2.20. The summed E-state index contributed by atoms with van der Waals surface area (Å²) in [5, 5.41) is 3.64. The van der Waals surface area contributed by atoms with E-state index in [-0.39, 0.29) is 0 Å². The van der Waals surface area contributed by atoms with E-state index in [9.17, 15) is 0 Å². The first-order valence-corrected chi connectivity index (χ1v) is 6.53. The van der Waals surface area contributed by atoms with Gasteiger partial charge >= 0.3 is 0 Å². The first kappa shape index (κ1) is 12.5. The Kier molecular flexibility index (Phi) is 4.95. The van der Waals surface area contributed by atoms with Gasteiger partial charge in [-0.05, 0) is 56.3 Å². The molecule has 0 atom stereocenters. The maximum atomic E-state index is 5.38. The van der Waals surface area contributed by atoms with Gasteiger partial charge in [0.05, 0.1) is 6.10 Å². The van der Waals surface area contributed by atoms with Gasteiger partial charge in [-0.25, -0.2) is 0 Å². The number of rotatable bonds is 5. The summed E-state index contributed by atoms with van der Waals surface area (Å²) in [5.41, 5.74) is 1.36. The molecular weight excluding hydrogens is 212 g/mol. The zero-order chi connectivity index (χ0) is 11.9. The lowest BCUT2D eigenvalue weighted by molar-refractivity contribution is 0.0626. The number of aromatic nitrogens is 1. The molecule has 0 amide bonds. The summed E-state index contributed by atoms with van der Waals surface area (Å²) in [6.45, 7) is 1.06. The van der Waals surface area contributed by atoms with E-state index >= 15 is 0 Å². The minimum atomic E-state index is 0.494. The van der Waals surface area contributed by atoms with Crippen LogP contribution in [-0.2, 0) is 11.2 Å². The lowest BCUT2D eigenvalue weighted by Crippen LogP contribution is -2.36. The van der Waals surface area contributed by atoms with Crippen molar-refractivity contribution in [3.8, 4) is 0 Å². The molecular formula is C14H22N2O. The van der Waals surface area contributed by atoms with Gasteiger partial charge in [0, 0.05) is 25.5 Å². The van der Waals surface area contributed by atoms with Gasteiger partial charge in [-0.2, -0.15) is 0 Å². The molecule has 0 aliphatic heterocycles. The van der Waals surface area contributed by atoms with E-state index in [0.29, 0.717) is 12.1 Å². The van der Waals surface area contributed by atoms with Crippen LogP contribution in [0.4, 0.5) is 0 Å². The van der Waals surface area contributed by atoms with Gasteiger partial charge in [0.2, 0.25) is 0 Å². The van der Waals surface area contributed by atoms with Crippen LogP contribution in [0.15, 0.2) is 24.5 Å². The van der Waals surface area contributed by atoms with Gasteiger partial charge in [0.1, 0.15) is 0 Å². The third-order valence-corrected chi connectivity index (χ3v) is 3.60. The smallest absolute Gasteiger partial charge is 0.0572 e. The van der Waals surface area contributed by atoms with Crippen LogP contribution in [-0.4, -0.2) is 30.8 Å². The topological polar surface area (TPSA) is 34.1 Å². The number of nitrogens with zero attached hydrogens (tertiary/aromatic N) is 1. The zero-order valence-corrected chi connectivity index (χ0v) is 10.6. The number of pyridine rings is 1. The molecule has 0 radical (unpaired) electrons. The van der Waals surface area contributed by atoms with Crippen LogP contribution in [0.1, 0.15) is 31.2 Å². The molecule has 94 valence electrons. The molecule has 1 fully saturated rings. The van der Waals surface area contributed by atoms with Gasteiger partial charge in [-0.1, -0.05) is 0 Å².